The van der Waals surface area contributed by atoms with Crippen molar-refractivity contribution in [3.05, 3.63) is 34.9 Å². The summed E-state index contributed by atoms with van der Waals surface area (Å²) in [5, 5.41) is 40.5. The van der Waals surface area contributed by atoms with E-state index in [1.165, 1.54) is 18.4 Å². The van der Waals surface area contributed by atoms with Gasteiger partial charge in [0.05, 0.1) is 18.6 Å². The minimum Gasteiger partial charge on any atom is -0.487 e. The summed E-state index contributed by atoms with van der Waals surface area (Å²) in [6.45, 7) is 8.19. The first-order chi connectivity index (χ1) is 16.7. The van der Waals surface area contributed by atoms with E-state index in [4.69, 9.17) is 14.2 Å². The summed E-state index contributed by atoms with van der Waals surface area (Å²) < 4.78 is 18.5. The van der Waals surface area contributed by atoms with Crippen molar-refractivity contribution >= 4 is 0 Å². The van der Waals surface area contributed by atoms with Crippen molar-refractivity contribution in [2.24, 2.45) is 11.8 Å². The fraction of sp³-hybridized carbons (Fsp3) is 0.714. The van der Waals surface area contributed by atoms with Gasteiger partial charge in [-0.2, -0.15) is 0 Å². The van der Waals surface area contributed by atoms with Crippen LogP contribution in [0.15, 0.2) is 23.8 Å². The highest BCUT2D eigenvalue weighted by Crippen LogP contribution is 2.54. The zero-order valence-electron chi connectivity index (χ0n) is 21.4. The van der Waals surface area contributed by atoms with Crippen LogP contribution in [0.3, 0.4) is 0 Å². The number of hydrogen-bond donors (Lipinski definition) is 4. The van der Waals surface area contributed by atoms with Gasteiger partial charge in [0.25, 0.3) is 0 Å². The lowest BCUT2D eigenvalue weighted by Gasteiger charge is -2.47. The van der Waals surface area contributed by atoms with Crippen LogP contribution in [0, 0.1) is 11.8 Å². The molecule has 1 aliphatic carbocycles. The number of ether oxygens (including phenoxy) is 3. The molecule has 1 aromatic rings. The average molecular weight is 491 g/mol. The molecule has 0 saturated carbocycles. The average Bonchev–Trinajstić information content (AvgIpc) is 2.80. The number of rotatable bonds is 8. The molecule has 0 spiro atoms. The first-order valence-electron chi connectivity index (χ1n) is 13.2. The lowest BCUT2D eigenvalue weighted by molar-refractivity contribution is -0.313. The lowest BCUT2D eigenvalue weighted by Crippen LogP contribution is -2.57. The highest BCUT2D eigenvalue weighted by atomic mass is 16.7. The van der Waals surface area contributed by atoms with Crippen LogP contribution in [0.5, 0.6) is 11.5 Å². The van der Waals surface area contributed by atoms with E-state index in [9.17, 15) is 20.4 Å². The molecule has 2 aliphatic heterocycles. The Kier molecular flexibility index (Phi) is 8.13. The molecule has 7 heteroatoms. The molecule has 0 amide bonds. The molecule has 0 aromatic heterocycles. The fourth-order valence-electron chi connectivity index (χ4n) is 5.89. The Morgan fingerprint density at radius 3 is 2.57 bits per heavy atom. The Morgan fingerprint density at radius 1 is 1.09 bits per heavy atom. The van der Waals surface area contributed by atoms with Crippen molar-refractivity contribution in [1.29, 1.82) is 0 Å². The highest BCUT2D eigenvalue weighted by Gasteiger charge is 2.48. The SMILES string of the molecule is CCCCCCc1cc(OC2O[C@H](O)[C@@H](O)[C@H](O)[C@H]2CO)c2c(c1)OC(C)(C)[C@@H]1CCC(C)=C[C@@H]21. The van der Waals surface area contributed by atoms with Crippen molar-refractivity contribution in [3.8, 4) is 11.5 Å². The molecule has 4 rings (SSSR count). The second-order valence-corrected chi connectivity index (χ2v) is 11.0. The topological polar surface area (TPSA) is 109 Å². The second kappa shape index (κ2) is 10.8. The number of benzene rings is 1. The van der Waals surface area contributed by atoms with Crippen molar-refractivity contribution in [2.45, 2.75) is 109 Å². The van der Waals surface area contributed by atoms with Gasteiger partial charge in [0.1, 0.15) is 23.2 Å². The molecule has 1 fully saturated rings. The molecule has 0 bridgehead atoms. The zero-order valence-corrected chi connectivity index (χ0v) is 21.4. The summed E-state index contributed by atoms with van der Waals surface area (Å²) in [6.07, 6.45) is 4.20. The summed E-state index contributed by atoms with van der Waals surface area (Å²) in [4.78, 5) is 0. The van der Waals surface area contributed by atoms with Crippen molar-refractivity contribution < 1.29 is 34.6 Å². The summed E-state index contributed by atoms with van der Waals surface area (Å²) >= 11 is 0. The van der Waals surface area contributed by atoms with Crippen LogP contribution in [0.25, 0.3) is 0 Å². The van der Waals surface area contributed by atoms with Crippen LogP contribution < -0.4 is 9.47 Å². The molecule has 35 heavy (non-hydrogen) atoms. The molecule has 0 radical (unpaired) electrons. The standard InChI is InChI=1S/C28H42O7/c1-5-6-7-8-9-17-13-21(33-27-19(15-29)24(30)25(31)26(32)34-27)23-18-12-16(2)10-11-20(18)28(3,4)35-22(23)14-17/h12-14,18-20,24-27,29-32H,5-11,15H2,1-4H3/t18-,19-,20-,24-,25+,26+,27?/m1/s1. The van der Waals surface area contributed by atoms with Crippen molar-refractivity contribution in [2.75, 3.05) is 6.61 Å². The van der Waals surface area contributed by atoms with Gasteiger partial charge < -0.3 is 34.6 Å². The number of fused-ring (bicyclic) bond motifs is 3. The Labute approximate surface area is 208 Å². The van der Waals surface area contributed by atoms with Crippen LogP contribution in [-0.4, -0.2) is 57.4 Å². The third kappa shape index (κ3) is 5.39. The molecule has 2 heterocycles. The Hall–Kier alpha value is -1.64. The first kappa shape index (κ1) is 26.4. The van der Waals surface area contributed by atoms with Crippen LogP contribution in [0.2, 0.25) is 0 Å². The van der Waals surface area contributed by atoms with E-state index in [0.29, 0.717) is 5.75 Å². The molecule has 1 unspecified atom stereocenters. The third-order valence-electron chi connectivity index (χ3n) is 7.99. The molecular weight excluding hydrogens is 448 g/mol. The summed E-state index contributed by atoms with van der Waals surface area (Å²) in [6, 6.07) is 4.14. The van der Waals surface area contributed by atoms with Gasteiger partial charge >= 0.3 is 0 Å². The number of allylic oxidation sites excluding steroid dienone is 2. The molecule has 196 valence electrons. The van der Waals surface area contributed by atoms with Crippen LogP contribution in [0.4, 0.5) is 0 Å². The van der Waals surface area contributed by atoms with Crippen LogP contribution in [0.1, 0.15) is 83.3 Å². The maximum absolute atomic E-state index is 10.4. The minimum absolute atomic E-state index is 0.100. The largest absolute Gasteiger partial charge is 0.487 e. The quantitative estimate of drug-likeness (QED) is 0.324. The molecule has 1 saturated heterocycles. The number of aliphatic hydroxyl groups is 4. The van der Waals surface area contributed by atoms with E-state index >= 15 is 0 Å². The first-order valence-corrected chi connectivity index (χ1v) is 13.2. The Balaban J connectivity index is 1.74. The molecule has 7 nitrogen and oxygen atoms in total. The maximum Gasteiger partial charge on any atom is 0.210 e. The number of hydrogen-bond acceptors (Lipinski definition) is 7. The summed E-state index contributed by atoms with van der Waals surface area (Å²) in [5.74, 6) is 0.850. The molecular formula is C28H42O7. The number of aryl methyl sites for hydroxylation is 1. The molecule has 7 atom stereocenters. The van der Waals surface area contributed by atoms with Gasteiger partial charge in [-0.1, -0.05) is 37.8 Å². The van der Waals surface area contributed by atoms with E-state index in [-0.39, 0.29) is 17.4 Å². The van der Waals surface area contributed by atoms with E-state index in [0.717, 1.165) is 49.0 Å². The minimum atomic E-state index is -1.61. The lowest BCUT2D eigenvalue weighted by atomic mass is 9.68. The predicted octanol–water partition coefficient (Wildman–Crippen LogP) is 3.80. The van der Waals surface area contributed by atoms with Gasteiger partial charge in [-0.25, -0.2) is 0 Å². The van der Waals surface area contributed by atoms with E-state index < -0.39 is 37.3 Å². The van der Waals surface area contributed by atoms with Gasteiger partial charge in [-0.15, -0.1) is 0 Å². The number of aliphatic hydroxyl groups excluding tert-OH is 4. The van der Waals surface area contributed by atoms with Gasteiger partial charge in [0.15, 0.2) is 6.29 Å². The van der Waals surface area contributed by atoms with Crippen LogP contribution in [-0.2, 0) is 11.2 Å². The van der Waals surface area contributed by atoms with Gasteiger partial charge in [-0.05, 0) is 64.2 Å². The second-order valence-electron chi connectivity index (χ2n) is 11.0. The smallest absolute Gasteiger partial charge is 0.210 e. The maximum atomic E-state index is 10.4. The number of unbranched alkanes of at least 4 members (excludes halogenated alkanes) is 3. The van der Waals surface area contributed by atoms with Gasteiger partial charge in [0, 0.05) is 17.4 Å². The molecule has 4 N–H and O–H groups in total. The highest BCUT2D eigenvalue weighted by molar-refractivity contribution is 5.54. The summed E-state index contributed by atoms with van der Waals surface area (Å²) in [5.41, 5.74) is 3.04. The zero-order chi connectivity index (χ0) is 25.3. The monoisotopic (exact) mass is 490 g/mol. The van der Waals surface area contributed by atoms with Crippen molar-refractivity contribution in [1.82, 2.24) is 0 Å². The fourth-order valence-corrected chi connectivity index (χ4v) is 5.89. The van der Waals surface area contributed by atoms with E-state index in [1.807, 2.05) is 6.07 Å². The predicted molar refractivity (Wildman–Crippen MR) is 132 cm³/mol. The Morgan fingerprint density at radius 2 is 1.86 bits per heavy atom. The molecule has 1 aromatic carbocycles. The molecule has 3 aliphatic rings. The normalized spacial score (nSPS) is 33.8. The van der Waals surface area contributed by atoms with Gasteiger partial charge in [0.2, 0.25) is 6.29 Å². The van der Waals surface area contributed by atoms with E-state index in [2.05, 4.69) is 39.8 Å². The van der Waals surface area contributed by atoms with Crippen LogP contribution >= 0.6 is 0 Å². The van der Waals surface area contributed by atoms with Gasteiger partial charge in [-0.3, -0.25) is 0 Å². The van der Waals surface area contributed by atoms with Crippen molar-refractivity contribution in [3.63, 3.8) is 0 Å². The Bertz CT molecular complexity index is 911. The third-order valence-corrected chi connectivity index (χ3v) is 7.99. The van der Waals surface area contributed by atoms with E-state index in [1.54, 1.807) is 0 Å². The summed E-state index contributed by atoms with van der Waals surface area (Å²) in [7, 11) is 0.